The molecule has 0 bridgehead atoms. The van der Waals surface area contributed by atoms with Crippen molar-refractivity contribution in [3.8, 4) is 11.1 Å². The van der Waals surface area contributed by atoms with Crippen molar-refractivity contribution < 1.29 is 19.4 Å². The molecule has 138 valence electrons. The molecule has 1 amide bonds. The Balaban J connectivity index is 1.65. The van der Waals surface area contributed by atoms with Crippen molar-refractivity contribution >= 4 is 6.09 Å². The Bertz CT molecular complexity index is 716. The molecular weight excluding hydrogens is 330 g/mol. The lowest BCUT2D eigenvalue weighted by Crippen LogP contribution is -2.39. The van der Waals surface area contributed by atoms with E-state index in [1.54, 1.807) is 7.05 Å². The Morgan fingerprint density at radius 3 is 2.27 bits per heavy atom. The van der Waals surface area contributed by atoms with Crippen LogP contribution in [0.1, 0.15) is 24.0 Å². The first-order chi connectivity index (χ1) is 12.6. The Morgan fingerprint density at radius 1 is 1.12 bits per heavy atom. The first-order valence-corrected chi connectivity index (χ1v) is 8.90. The molecule has 0 aliphatic heterocycles. The number of amides is 1. The molecule has 0 radical (unpaired) electrons. The van der Waals surface area contributed by atoms with E-state index in [1.165, 1.54) is 27.2 Å². The monoisotopic (exact) mass is 355 g/mol. The maximum atomic E-state index is 12.4. The first-order valence-electron chi connectivity index (χ1n) is 8.90. The van der Waals surface area contributed by atoms with Gasteiger partial charge in [-0.15, -0.1) is 0 Å². The fourth-order valence-electron chi connectivity index (χ4n) is 3.31. The zero-order valence-electron chi connectivity index (χ0n) is 15.2. The lowest BCUT2D eigenvalue weighted by Gasteiger charge is -2.25. The molecule has 0 saturated heterocycles. The third-order valence-corrected chi connectivity index (χ3v) is 4.88. The highest BCUT2D eigenvalue weighted by Crippen LogP contribution is 2.44. The van der Waals surface area contributed by atoms with Crippen LogP contribution in [0.5, 0.6) is 0 Å². The van der Waals surface area contributed by atoms with Gasteiger partial charge in [-0.2, -0.15) is 0 Å². The normalized spacial score (nSPS) is 13.8. The quantitative estimate of drug-likeness (QED) is 0.775. The average molecular weight is 355 g/mol. The van der Waals surface area contributed by atoms with Gasteiger partial charge in [-0.05, 0) is 29.2 Å². The Labute approximate surface area is 154 Å². The molecule has 1 aliphatic carbocycles. The zero-order chi connectivity index (χ0) is 18.5. The molecule has 0 aromatic heterocycles. The molecular formula is C21H25NO4. The average Bonchev–Trinajstić information content (AvgIpc) is 2.99. The van der Waals surface area contributed by atoms with Crippen LogP contribution < -0.4 is 0 Å². The van der Waals surface area contributed by atoms with Gasteiger partial charge < -0.3 is 19.5 Å². The van der Waals surface area contributed by atoms with Crippen LogP contribution >= 0.6 is 0 Å². The van der Waals surface area contributed by atoms with Gasteiger partial charge >= 0.3 is 6.09 Å². The van der Waals surface area contributed by atoms with Crippen molar-refractivity contribution in [2.75, 3.05) is 33.5 Å². The number of carbonyl (C=O) groups excluding carboxylic acids is 1. The van der Waals surface area contributed by atoms with E-state index in [4.69, 9.17) is 14.6 Å². The number of fused-ring (bicyclic) bond motifs is 3. The fourth-order valence-corrected chi connectivity index (χ4v) is 3.31. The number of ether oxygens (including phenoxy) is 2. The highest BCUT2D eigenvalue weighted by molar-refractivity contribution is 5.79. The molecule has 1 N–H and O–H groups in total. The van der Waals surface area contributed by atoms with Gasteiger partial charge in [0.05, 0.1) is 25.9 Å². The van der Waals surface area contributed by atoms with Gasteiger partial charge in [0, 0.05) is 13.0 Å². The van der Waals surface area contributed by atoms with Crippen LogP contribution in [0.15, 0.2) is 48.5 Å². The van der Waals surface area contributed by atoms with Crippen LogP contribution in [0.2, 0.25) is 0 Å². The van der Waals surface area contributed by atoms with E-state index in [0.717, 1.165) is 0 Å². The van der Waals surface area contributed by atoms with E-state index in [-0.39, 0.29) is 31.3 Å². The van der Waals surface area contributed by atoms with Gasteiger partial charge in [-0.3, -0.25) is 0 Å². The number of carbonyl (C=O) groups is 1. The van der Waals surface area contributed by atoms with E-state index in [9.17, 15) is 4.79 Å². The van der Waals surface area contributed by atoms with Crippen molar-refractivity contribution in [1.82, 2.24) is 4.90 Å². The lowest BCUT2D eigenvalue weighted by atomic mass is 9.98. The van der Waals surface area contributed by atoms with Crippen molar-refractivity contribution in [3.63, 3.8) is 0 Å². The van der Waals surface area contributed by atoms with E-state index in [1.807, 2.05) is 31.2 Å². The first kappa shape index (κ1) is 18.4. The highest BCUT2D eigenvalue weighted by atomic mass is 16.6. The van der Waals surface area contributed by atoms with Crippen molar-refractivity contribution in [3.05, 3.63) is 59.7 Å². The highest BCUT2D eigenvalue weighted by Gasteiger charge is 2.29. The standard InChI is InChI=1S/C21H25NO4/c1-15(13-25-12-11-23)22(2)21(24)26-14-20-18-9-5-3-7-16(18)17-8-4-6-10-19(17)20/h3-10,15,20,23H,11-14H2,1-2H3. The van der Waals surface area contributed by atoms with Crippen molar-refractivity contribution in [2.45, 2.75) is 18.9 Å². The molecule has 0 spiro atoms. The molecule has 1 unspecified atom stereocenters. The van der Waals surface area contributed by atoms with Gasteiger partial charge in [-0.1, -0.05) is 48.5 Å². The number of rotatable bonds is 7. The van der Waals surface area contributed by atoms with Crippen LogP contribution in [0, 0.1) is 0 Å². The van der Waals surface area contributed by atoms with Crippen LogP contribution in [0.3, 0.4) is 0 Å². The summed E-state index contributed by atoms with van der Waals surface area (Å²) in [6.45, 7) is 2.80. The molecule has 1 atom stereocenters. The number of likely N-dealkylation sites (N-methyl/N-ethyl adjacent to an activating group) is 1. The number of aliphatic hydroxyl groups excluding tert-OH is 1. The number of nitrogens with zero attached hydrogens (tertiary/aromatic N) is 1. The maximum absolute atomic E-state index is 12.4. The van der Waals surface area contributed by atoms with Gasteiger partial charge in [0.15, 0.2) is 0 Å². The third kappa shape index (κ3) is 3.74. The fraction of sp³-hybridized carbons (Fsp3) is 0.381. The smallest absolute Gasteiger partial charge is 0.409 e. The van der Waals surface area contributed by atoms with E-state index in [2.05, 4.69) is 24.3 Å². The van der Waals surface area contributed by atoms with Gasteiger partial charge in [-0.25, -0.2) is 4.79 Å². The molecule has 2 aromatic rings. The predicted octanol–water partition coefficient (Wildman–Crippen LogP) is 3.26. The molecule has 3 rings (SSSR count). The minimum Gasteiger partial charge on any atom is -0.448 e. The van der Waals surface area contributed by atoms with Crippen molar-refractivity contribution in [1.29, 1.82) is 0 Å². The summed E-state index contributed by atoms with van der Waals surface area (Å²) >= 11 is 0. The number of benzene rings is 2. The topological polar surface area (TPSA) is 59.0 Å². The second-order valence-electron chi connectivity index (χ2n) is 6.56. The molecule has 5 heteroatoms. The summed E-state index contributed by atoms with van der Waals surface area (Å²) in [5, 5.41) is 8.76. The number of aliphatic hydroxyl groups is 1. The van der Waals surface area contributed by atoms with Crippen LogP contribution in [0.25, 0.3) is 11.1 Å². The zero-order valence-corrected chi connectivity index (χ0v) is 15.2. The van der Waals surface area contributed by atoms with Gasteiger partial charge in [0.25, 0.3) is 0 Å². The SMILES string of the molecule is CC(COCCO)N(C)C(=O)OCC1c2ccccc2-c2ccccc21. The second-order valence-corrected chi connectivity index (χ2v) is 6.56. The van der Waals surface area contributed by atoms with E-state index in [0.29, 0.717) is 13.2 Å². The maximum Gasteiger partial charge on any atom is 0.409 e. The van der Waals surface area contributed by atoms with Crippen LogP contribution in [-0.2, 0) is 9.47 Å². The minimum absolute atomic E-state index is 0.0264. The Kier molecular flexibility index (Phi) is 5.91. The molecule has 0 saturated carbocycles. The van der Waals surface area contributed by atoms with Gasteiger partial charge in [0.1, 0.15) is 6.61 Å². The molecule has 0 heterocycles. The third-order valence-electron chi connectivity index (χ3n) is 4.88. The number of hydrogen-bond donors (Lipinski definition) is 1. The summed E-state index contributed by atoms with van der Waals surface area (Å²) in [5.74, 6) is 0.0562. The molecule has 2 aromatic carbocycles. The largest absolute Gasteiger partial charge is 0.448 e. The summed E-state index contributed by atoms with van der Waals surface area (Å²) in [6, 6.07) is 16.4. The van der Waals surface area contributed by atoms with E-state index < -0.39 is 0 Å². The molecule has 26 heavy (non-hydrogen) atoms. The summed E-state index contributed by atoms with van der Waals surface area (Å²) in [4.78, 5) is 13.9. The number of hydrogen-bond acceptors (Lipinski definition) is 4. The van der Waals surface area contributed by atoms with Crippen molar-refractivity contribution in [2.24, 2.45) is 0 Å². The molecule has 0 fully saturated rings. The minimum atomic E-state index is -0.369. The lowest BCUT2D eigenvalue weighted by molar-refractivity contribution is 0.0433. The van der Waals surface area contributed by atoms with E-state index >= 15 is 0 Å². The summed E-state index contributed by atoms with van der Waals surface area (Å²) in [5.41, 5.74) is 4.82. The molecule has 5 nitrogen and oxygen atoms in total. The molecule has 1 aliphatic rings. The summed E-state index contributed by atoms with van der Waals surface area (Å²) in [7, 11) is 1.70. The summed E-state index contributed by atoms with van der Waals surface area (Å²) in [6.07, 6.45) is -0.369. The Morgan fingerprint density at radius 2 is 1.69 bits per heavy atom. The predicted molar refractivity (Wildman–Crippen MR) is 100 cm³/mol. The van der Waals surface area contributed by atoms with Crippen LogP contribution in [0.4, 0.5) is 4.79 Å². The Hall–Kier alpha value is -2.37. The van der Waals surface area contributed by atoms with Gasteiger partial charge in [0.2, 0.25) is 0 Å². The van der Waals surface area contributed by atoms with Crippen LogP contribution in [-0.4, -0.2) is 55.6 Å². The summed E-state index contributed by atoms with van der Waals surface area (Å²) < 4.78 is 10.9. The second kappa shape index (κ2) is 8.34.